The molecule has 0 unspecified atom stereocenters. The Bertz CT molecular complexity index is 209. The third-order valence-corrected chi connectivity index (χ3v) is 1.75. The number of carbonyl (C=O) groups excluding carboxylic acids is 1. The lowest BCUT2D eigenvalue weighted by Gasteiger charge is -2.11. The molecule has 0 spiro atoms. The van der Waals surface area contributed by atoms with Gasteiger partial charge in [-0.25, -0.2) is 0 Å². The minimum Gasteiger partial charge on any atom is -0.370 e. The summed E-state index contributed by atoms with van der Waals surface area (Å²) in [6, 6.07) is -0.604. The molecule has 0 aliphatic carbocycles. The first-order valence-electron chi connectivity index (χ1n) is 5.04. The summed E-state index contributed by atoms with van der Waals surface area (Å²) >= 11 is 0. The number of nitrogens with one attached hydrogen (secondary N) is 1. The van der Waals surface area contributed by atoms with Crippen LogP contribution in [0.5, 0.6) is 0 Å². The highest BCUT2D eigenvalue weighted by Crippen LogP contribution is 2.13. The van der Waals surface area contributed by atoms with E-state index in [2.05, 4.69) is 10.1 Å². The number of carbonyl (C=O) groups is 1. The zero-order valence-corrected chi connectivity index (χ0v) is 9.14. The fraction of sp³-hybridized carbons (Fsp3) is 0.889. The second-order valence-corrected chi connectivity index (χ2v) is 3.35. The maximum absolute atomic E-state index is 11.6. The molecular formula is C9H17F3N2O2. The van der Waals surface area contributed by atoms with E-state index in [1.807, 2.05) is 6.92 Å². The summed E-state index contributed by atoms with van der Waals surface area (Å²) in [5, 5.41) is 2.40. The summed E-state index contributed by atoms with van der Waals surface area (Å²) < 4.78 is 39.2. The Hall–Kier alpha value is -0.820. The van der Waals surface area contributed by atoms with Crippen molar-refractivity contribution in [2.45, 2.75) is 32.0 Å². The molecular weight excluding hydrogens is 225 g/mol. The van der Waals surface area contributed by atoms with Gasteiger partial charge in [0.15, 0.2) is 0 Å². The lowest BCUT2D eigenvalue weighted by molar-refractivity contribution is -0.173. The van der Waals surface area contributed by atoms with E-state index in [1.165, 1.54) is 0 Å². The van der Waals surface area contributed by atoms with Gasteiger partial charge >= 0.3 is 6.18 Å². The number of amides is 1. The molecule has 7 heteroatoms. The molecule has 0 aliphatic heterocycles. The lowest BCUT2D eigenvalue weighted by Crippen LogP contribution is -2.41. The van der Waals surface area contributed by atoms with Crippen LogP contribution >= 0.6 is 0 Å². The van der Waals surface area contributed by atoms with Crippen LogP contribution in [0.1, 0.15) is 19.8 Å². The predicted molar refractivity (Wildman–Crippen MR) is 52.8 cm³/mol. The van der Waals surface area contributed by atoms with Crippen LogP contribution in [-0.2, 0) is 9.53 Å². The van der Waals surface area contributed by atoms with Crippen LogP contribution in [0.4, 0.5) is 13.2 Å². The maximum Gasteiger partial charge on any atom is 0.411 e. The largest absolute Gasteiger partial charge is 0.411 e. The Kier molecular flexibility index (Phi) is 7.07. The molecule has 16 heavy (non-hydrogen) atoms. The Labute approximate surface area is 92.3 Å². The maximum atomic E-state index is 11.6. The summed E-state index contributed by atoms with van der Waals surface area (Å²) in [5.74, 6) is -0.363. The molecule has 0 fully saturated rings. The van der Waals surface area contributed by atoms with Gasteiger partial charge in [-0.15, -0.1) is 0 Å². The van der Waals surface area contributed by atoms with E-state index in [9.17, 15) is 18.0 Å². The van der Waals surface area contributed by atoms with Crippen LogP contribution in [0.15, 0.2) is 0 Å². The third-order valence-electron chi connectivity index (χ3n) is 1.75. The van der Waals surface area contributed by atoms with Gasteiger partial charge in [0.2, 0.25) is 5.91 Å². The van der Waals surface area contributed by atoms with Crippen molar-refractivity contribution in [2.24, 2.45) is 5.73 Å². The molecule has 0 rings (SSSR count). The highest BCUT2D eigenvalue weighted by molar-refractivity contribution is 5.81. The number of hydrogen-bond acceptors (Lipinski definition) is 3. The van der Waals surface area contributed by atoms with E-state index in [0.29, 0.717) is 6.42 Å². The fourth-order valence-corrected chi connectivity index (χ4v) is 1.01. The SMILES string of the molecule is CCC[C@@H](N)C(=O)NCCOCC(F)(F)F. The van der Waals surface area contributed by atoms with Crippen LogP contribution < -0.4 is 11.1 Å². The number of hydrogen-bond donors (Lipinski definition) is 2. The summed E-state index contributed by atoms with van der Waals surface area (Å²) in [6.07, 6.45) is -3.00. The molecule has 0 aliphatic rings. The van der Waals surface area contributed by atoms with Gasteiger partial charge in [-0.2, -0.15) is 13.2 Å². The van der Waals surface area contributed by atoms with Crippen molar-refractivity contribution in [3.05, 3.63) is 0 Å². The van der Waals surface area contributed by atoms with Crippen LogP contribution in [0.3, 0.4) is 0 Å². The molecule has 0 aromatic rings. The van der Waals surface area contributed by atoms with Crippen LogP contribution in [0.25, 0.3) is 0 Å². The van der Waals surface area contributed by atoms with Crippen molar-refractivity contribution in [2.75, 3.05) is 19.8 Å². The molecule has 0 radical (unpaired) electrons. The number of halogens is 3. The molecule has 0 saturated heterocycles. The Balaban J connectivity index is 3.48. The highest BCUT2D eigenvalue weighted by Gasteiger charge is 2.27. The molecule has 1 amide bonds. The van der Waals surface area contributed by atoms with Crippen molar-refractivity contribution in [3.8, 4) is 0 Å². The molecule has 0 aromatic carbocycles. The van der Waals surface area contributed by atoms with Gasteiger partial charge in [0.05, 0.1) is 12.6 Å². The normalized spacial score (nSPS) is 13.6. The summed E-state index contributed by atoms with van der Waals surface area (Å²) in [6.45, 7) is 0.444. The van der Waals surface area contributed by atoms with Gasteiger partial charge < -0.3 is 15.8 Å². The van der Waals surface area contributed by atoms with E-state index >= 15 is 0 Å². The van der Waals surface area contributed by atoms with Gasteiger partial charge in [0.1, 0.15) is 6.61 Å². The Morgan fingerprint density at radius 3 is 2.62 bits per heavy atom. The Morgan fingerprint density at radius 1 is 1.50 bits per heavy atom. The number of ether oxygens (including phenoxy) is 1. The zero-order valence-electron chi connectivity index (χ0n) is 9.14. The molecule has 3 N–H and O–H groups in total. The zero-order chi connectivity index (χ0) is 12.6. The van der Waals surface area contributed by atoms with Crippen LogP contribution in [0.2, 0.25) is 0 Å². The fourth-order valence-electron chi connectivity index (χ4n) is 1.01. The third kappa shape index (κ3) is 8.49. The first-order valence-corrected chi connectivity index (χ1v) is 5.04. The molecule has 0 bridgehead atoms. The monoisotopic (exact) mass is 242 g/mol. The average molecular weight is 242 g/mol. The van der Waals surface area contributed by atoms with Crippen molar-refractivity contribution >= 4 is 5.91 Å². The smallest absolute Gasteiger partial charge is 0.370 e. The predicted octanol–water partition coefficient (Wildman–Crippen LogP) is 0.809. The molecule has 4 nitrogen and oxygen atoms in total. The standard InChI is InChI=1S/C9H17F3N2O2/c1-2-3-7(13)8(15)14-4-5-16-6-9(10,11)12/h7H,2-6,13H2,1H3,(H,14,15)/t7-/m1/s1. The number of nitrogens with two attached hydrogens (primary N) is 1. The van der Waals surface area contributed by atoms with Crippen molar-refractivity contribution in [3.63, 3.8) is 0 Å². The minimum absolute atomic E-state index is 0.0341. The van der Waals surface area contributed by atoms with E-state index in [1.54, 1.807) is 0 Å². The molecule has 0 heterocycles. The average Bonchev–Trinajstić information content (AvgIpc) is 2.15. The van der Waals surface area contributed by atoms with Crippen LogP contribution in [-0.4, -0.2) is 37.9 Å². The second kappa shape index (κ2) is 7.45. The van der Waals surface area contributed by atoms with Crippen molar-refractivity contribution in [1.29, 1.82) is 0 Å². The van der Waals surface area contributed by atoms with Crippen LogP contribution in [0, 0.1) is 0 Å². The molecule has 1 atom stereocenters. The minimum atomic E-state index is -4.33. The van der Waals surface area contributed by atoms with Gasteiger partial charge in [0, 0.05) is 6.54 Å². The number of rotatable bonds is 7. The van der Waals surface area contributed by atoms with Crippen molar-refractivity contribution in [1.82, 2.24) is 5.32 Å². The van der Waals surface area contributed by atoms with Gasteiger partial charge in [-0.3, -0.25) is 4.79 Å². The topological polar surface area (TPSA) is 64.4 Å². The first-order chi connectivity index (χ1) is 7.37. The quantitative estimate of drug-likeness (QED) is 0.649. The summed E-state index contributed by atoms with van der Waals surface area (Å²) in [7, 11) is 0. The van der Waals surface area contributed by atoms with E-state index in [4.69, 9.17) is 5.73 Å². The van der Waals surface area contributed by atoms with E-state index < -0.39 is 18.8 Å². The highest BCUT2D eigenvalue weighted by atomic mass is 19.4. The van der Waals surface area contributed by atoms with Crippen molar-refractivity contribution < 1.29 is 22.7 Å². The first kappa shape index (κ1) is 15.2. The molecule has 0 saturated carbocycles. The molecule has 96 valence electrons. The van der Waals surface area contributed by atoms with Gasteiger partial charge in [-0.05, 0) is 6.42 Å². The second-order valence-electron chi connectivity index (χ2n) is 3.35. The lowest BCUT2D eigenvalue weighted by atomic mass is 10.2. The van der Waals surface area contributed by atoms with E-state index in [0.717, 1.165) is 6.42 Å². The van der Waals surface area contributed by atoms with Gasteiger partial charge in [-0.1, -0.05) is 13.3 Å². The summed E-state index contributed by atoms with van der Waals surface area (Å²) in [5.41, 5.74) is 5.48. The summed E-state index contributed by atoms with van der Waals surface area (Å²) in [4.78, 5) is 11.2. The molecule has 0 aromatic heterocycles. The Morgan fingerprint density at radius 2 is 2.12 bits per heavy atom. The van der Waals surface area contributed by atoms with Gasteiger partial charge in [0.25, 0.3) is 0 Å². The number of alkyl halides is 3. The van der Waals surface area contributed by atoms with E-state index in [-0.39, 0.29) is 19.1 Å².